The number of carbonyl (C=O) groups is 3. The Hall–Kier alpha value is -2.83. The van der Waals surface area contributed by atoms with Crippen molar-refractivity contribution in [1.29, 1.82) is 0 Å². The number of allylic oxidation sites excluding steroid dienone is 1. The van der Waals surface area contributed by atoms with Crippen molar-refractivity contribution in [2.24, 2.45) is 56.7 Å². The molecule has 0 saturated heterocycles. The van der Waals surface area contributed by atoms with Gasteiger partial charge in [-0.1, -0.05) is 91.0 Å². The fourth-order valence-electron chi connectivity index (χ4n) is 13.7. The second-order valence-corrected chi connectivity index (χ2v) is 19.9. The largest absolute Gasteiger partial charge is 0.481 e. The number of carboxylic acid groups (broad SMARTS) is 1. The van der Waals surface area contributed by atoms with Gasteiger partial charge in [-0.05, 0) is 128 Å². The lowest BCUT2D eigenvalue weighted by Gasteiger charge is -2.73. The lowest BCUT2D eigenvalue weighted by molar-refractivity contribution is -0.246. The van der Waals surface area contributed by atoms with Gasteiger partial charge >= 0.3 is 18.0 Å². The number of amides is 2. The number of urea groups is 1. The molecule has 1 aromatic carbocycles. The third kappa shape index (κ3) is 6.45. The maximum atomic E-state index is 13.6. The minimum Gasteiger partial charge on any atom is -0.481 e. The standard InChI is InChI=1S/C44H66N2O5/c1-28(2)30-17-22-44(46-38(50)45-27-29-13-11-10-12-14-29)24-23-42(8)31(37(30)44)15-16-33-41(7)20-19-34(40(5,6)32(41)18-21-43(33,42)9)51-36(49)26-39(3,4)25-35(47)48/h10-14,30-34,37H,1,15-27H2,2-9H3,(H,47,48)(H2,45,46,50)/t30-,31+,32-,33+,34-,37+,41-,42+,43+,44-/m0/s1. The molecule has 5 aliphatic rings. The predicted molar refractivity (Wildman–Crippen MR) is 202 cm³/mol. The zero-order chi connectivity index (χ0) is 37.2. The molecule has 282 valence electrons. The minimum atomic E-state index is -0.887. The zero-order valence-electron chi connectivity index (χ0n) is 32.8. The van der Waals surface area contributed by atoms with Crippen LogP contribution in [0.3, 0.4) is 0 Å². The Morgan fingerprint density at radius 1 is 0.863 bits per heavy atom. The van der Waals surface area contributed by atoms with Gasteiger partial charge in [-0.2, -0.15) is 0 Å². The van der Waals surface area contributed by atoms with E-state index in [0.29, 0.717) is 36.1 Å². The number of hydrogen-bond acceptors (Lipinski definition) is 4. The molecule has 0 spiro atoms. The number of nitrogens with one attached hydrogen (secondary N) is 2. The number of carbonyl (C=O) groups excluding carboxylic acids is 2. The second-order valence-electron chi connectivity index (χ2n) is 19.9. The van der Waals surface area contributed by atoms with Gasteiger partial charge in [0.1, 0.15) is 6.10 Å². The fourth-order valence-corrected chi connectivity index (χ4v) is 13.7. The van der Waals surface area contributed by atoms with Gasteiger partial charge in [0, 0.05) is 17.5 Å². The molecule has 5 saturated carbocycles. The van der Waals surface area contributed by atoms with Crippen molar-refractivity contribution in [3.05, 3.63) is 48.0 Å². The Balaban J connectivity index is 1.21. The lowest BCUT2D eigenvalue weighted by atomic mass is 9.32. The highest BCUT2D eigenvalue weighted by molar-refractivity contribution is 5.75. The summed E-state index contributed by atoms with van der Waals surface area (Å²) in [5.41, 5.74) is 1.82. The number of carboxylic acids is 1. The Morgan fingerprint density at radius 3 is 2.24 bits per heavy atom. The van der Waals surface area contributed by atoms with Crippen molar-refractivity contribution in [1.82, 2.24) is 10.6 Å². The summed E-state index contributed by atoms with van der Waals surface area (Å²) in [5.74, 6) is 1.18. The third-order valence-corrected chi connectivity index (χ3v) is 16.2. The summed E-state index contributed by atoms with van der Waals surface area (Å²) in [7, 11) is 0. The normalized spacial score (nSPS) is 39.7. The van der Waals surface area contributed by atoms with Crippen molar-refractivity contribution in [2.75, 3.05) is 0 Å². The molecule has 0 unspecified atom stereocenters. The van der Waals surface area contributed by atoms with Gasteiger partial charge in [-0.25, -0.2) is 4.79 Å². The number of ether oxygens (including phenoxy) is 1. The molecule has 1 aromatic rings. The molecule has 5 fully saturated rings. The van der Waals surface area contributed by atoms with Crippen molar-refractivity contribution < 1.29 is 24.2 Å². The molecule has 3 N–H and O–H groups in total. The number of esters is 1. The van der Waals surface area contributed by atoms with E-state index in [9.17, 15) is 19.5 Å². The van der Waals surface area contributed by atoms with Crippen LogP contribution >= 0.6 is 0 Å². The molecule has 6 rings (SSSR count). The monoisotopic (exact) mass is 702 g/mol. The van der Waals surface area contributed by atoms with Crippen molar-refractivity contribution in [3.63, 3.8) is 0 Å². The van der Waals surface area contributed by atoms with Gasteiger partial charge in [0.2, 0.25) is 0 Å². The summed E-state index contributed by atoms with van der Waals surface area (Å²) in [6.07, 6.45) is 10.7. The SMILES string of the molecule is C=C(C)[C@@H]1CC[C@]2(NC(=O)NCc3ccccc3)CC[C@]3(C)[C@H](CC[C@@H]4[C@@]5(C)CC[C@H](OC(=O)CC(C)(C)CC(=O)O)C(C)(C)[C@@H]5CC[C@]43C)[C@@H]12. The summed E-state index contributed by atoms with van der Waals surface area (Å²) in [6.45, 7) is 23.4. The Morgan fingerprint density at radius 2 is 1.57 bits per heavy atom. The van der Waals surface area contributed by atoms with E-state index in [0.717, 1.165) is 50.5 Å². The lowest BCUT2D eigenvalue weighted by Crippen LogP contribution is -2.69. The average Bonchev–Trinajstić information content (AvgIpc) is 3.41. The molecule has 10 atom stereocenters. The van der Waals surface area contributed by atoms with Crippen molar-refractivity contribution >= 4 is 18.0 Å². The van der Waals surface area contributed by atoms with E-state index in [-0.39, 0.29) is 58.1 Å². The van der Waals surface area contributed by atoms with Gasteiger partial charge in [-0.3, -0.25) is 9.59 Å². The first-order valence-electron chi connectivity index (χ1n) is 19.9. The molecule has 51 heavy (non-hydrogen) atoms. The quantitative estimate of drug-likeness (QED) is 0.176. The van der Waals surface area contributed by atoms with Crippen molar-refractivity contribution in [2.45, 2.75) is 151 Å². The number of hydrogen-bond donors (Lipinski definition) is 3. The van der Waals surface area contributed by atoms with E-state index in [1.807, 2.05) is 32.0 Å². The fraction of sp³-hybridized carbons (Fsp3) is 0.750. The summed E-state index contributed by atoms with van der Waals surface area (Å²) in [4.78, 5) is 38.2. The van der Waals surface area contributed by atoms with Crippen LogP contribution < -0.4 is 10.6 Å². The molecule has 0 aromatic heterocycles. The molecule has 2 amide bonds. The van der Waals surface area contributed by atoms with Crippen LogP contribution in [0.1, 0.15) is 138 Å². The van der Waals surface area contributed by atoms with E-state index in [1.54, 1.807) is 0 Å². The van der Waals surface area contributed by atoms with Crippen LogP contribution in [0.5, 0.6) is 0 Å². The first-order valence-corrected chi connectivity index (χ1v) is 19.9. The molecule has 0 radical (unpaired) electrons. The maximum Gasteiger partial charge on any atom is 0.315 e. The minimum absolute atomic E-state index is 0.0483. The molecule has 7 heteroatoms. The second kappa shape index (κ2) is 13.2. The van der Waals surface area contributed by atoms with Crippen LogP contribution in [0, 0.1) is 56.7 Å². The zero-order valence-corrected chi connectivity index (χ0v) is 32.8. The smallest absolute Gasteiger partial charge is 0.315 e. The summed E-state index contributed by atoms with van der Waals surface area (Å²) >= 11 is 0. The highest BCUT2D eigenvalue weighted by Gasteiger charge is 2.71. The number of fused-ring (bicyclic) bond motifs is 7. The van der Waals surface area contributed by atoms with Crippen molar-refractivity contribution in [3.8, 4) is 0 Å². The van der Waals surface area contributed by atoms with E-state index in [1.165, 1.54) is 24.8 Å². The molecule has 7 nitrogen and oxygen atoms in total. The van der Waals surface area contributed by atoms with E-state index in [4.69, 9.17) is 4.74 Å². The first kappa shape index (κ1) is 37.9. The number of benzene rings is 1. The molecular weight excluding hydrogens is 636 g/mol. The molecule has 0 heterocycles. The first-order chi connectivity index (χ1) is 23.8. The third-order valence-electron chi connectivity index (χ3n) is 16.2. The molecule has 5 aliphatic carbocycles. The van der Waals surface area contributed by atoms with Crippen LogP contribution in [-0.4, -0.2) is 34.7 Å². The molecular formula is C44H66N2O5. The highest BCUT2D eigenvalue weighted by atomic mass is 16.5. The van der Waals surface area contributed by atoms with Gasteiger partial charge in [0.15, 0.2) is 0 Å². The predicted octanol–water partition coefficient (Wildman–Crippen LogP) is 9.70. The van der Waals surface area contributed by atoms with Gasteiger partial charge in [0.05, 0.1) is 12.8 Å². The Labute approximate surface area is 307 Å². The van der Waals surface area contributed by atoms with Crippen LogP contribution in [0.2, 0.25) is 0 Å². The highest BCUT2D eigenvalue weighted by Crippen LogP contribution is 2.76. The van der Waals surface area contributed by atoms with Crippen LogP contribution in [0.25, 0.3) is 0 Å². The van der Waals surface area contributed by atoms with Crippen LogP contribution in [0.15, 0.2) is 42.5 Å². The average molecular weight is 703 g/mol. The summed E-state index contributed by atoms with van der Waals surface area (Å²) in [6, 6.07) is 10.1. The number of rotatable bonds is 9. The van der Waals surface area contributed by atoms with E-state index >= 15 is 0 Å². The summed E-state index contributed by atoms with van der Waals surface area (Å²) < 4.78 is 6.27. The maximum absolute atomic E-state index is 13.6. The Kier molecular flexibility index (Phi) is 9.84. The Bertz CT molecular complexity index is 1520. The summed E-state index contributed by atoms with van der Waals surface area (Å²) in [5, 5.41) is 16.2. The van der Waals surface area contributed by atoms with Crippen LogP contribution in [0.4, 0.5) is 4.79 Å². The molecule has 0 bridgehead atoms. The van der Waals surface area contributed by atoms with Gasteiger partial charge in [-0.15, -0.1) is 0 Å². The van der Waals surface area contributed by atoms with Crippen LogP contribution in [-0.2, 0) is 20.9 Å². The van der Waals surface area contributed by atoms with E-state index in [2.05, 4.69) is 70.9 Å². The molecule has 0 aliphatic heterocycles. The number of aliphatic carboxylic acids is 1. The van der Waals surface area contributed by atoms with Gasteiger partial charge < -0.3 is 20.5 Å². The topological polar surface area (TPSA) is 105 Å². The van der Waals surface area contributed by atoms with E-state index < -0.39 is 11.4 Å². The van der Waals surface area contributed by atoms with Gasteiger partial charge in [0.25, 0.3) is 0 Å².